The minimum atomic E-state index is -0.375. The summed E-state index contributed by atoms with van der Waals surface area (Å²) in [4.78, 5) is 22.0. The number of carbonyl (C=O) groups excluding carboxylic acids is 2. The maximum absolute atomic E-state index is 11.2. The molecule has 1 heterocycles. The van der Waals surface area contributed by atoms with Gasteiger partial charge in [0.05, 0.1) is 18.4 Å². The monoisotopic (exact) mass is 229 g/mol. The van der Waals surface area contributed by atoms with Crippen molar-refractivity contribution >= 4 is 12.3 Å². The second-order valence-electron chi connectivity index (χ2n) is 3.46. The third kappa shape index (κ3) is 2.10. The molecule has 1 aromatic heterocycles. The molecule has 0 saturated carbocycles. The van der Waals surface area contributed by atoms with Crippen LogP contribution in [0.4, 0.5) is 0 Å². The summed E-state index contributed by atoms with van der Waals surface area (Å²) >= 11 is 0. The molecule has 0 aliphatic carbocycles. The molecule has 4 nitrogen and oxygen atoms in total. The van der Waals surface area contributed by atoms with Gasteiger partial charge in [0.2, 0.25) is 0 Å². The maximum Gasteiger partial charge on any atom is 0.337 e. The van der Waals surface area contributed by atoms with Crippen molar-refractivity contribution in [2.75, 3.05) is 7.11 Å². The number of aldehydes is 1. The molecule has 0 fully saturated rings. The van der Waals surface area contributed by atoms with E-state index in [-0.39, 0.29) is 5.97 Å². The summed E-state index contributed by atoms with van der Waals surface area (Å²) in [7, 11) is 1.34. The van der Waals surface area contributed by atoms with Gasteiger partial charge in [-0.05, 0) is 36.4 Å². The first-order valence-electron chi connectivity index (χ1n) is 5.07. The normalized spacial score (nSPS) is 9.94. The highest BCUT2D eigenvalue weighted by molar-refractivity contribution is 5.89. The van der Waals surface area contributed by atoms with Crippen LogP contribution in [0.3, 0.4) is 0 Å². The Balaban J connectivity index is 2.36. The molecule has 0 bridgehead atoms. The first-order chi connectivity index (χ1) is 8.26. The average Bonchev–Trinajstić information content (AvgIpc) is 2.86. The van der Waals surface area contributed by atoms with Gasteiger partial charge in [0.1, 0.15) is 0 Å². The minimum Gasteiger partial charge on any atom is -0.465 e. The predicted molar refractivity (Wildman–Crippen MR) is 62.5 cm³/mol. The number of aromatic nitrogens is 1. The van der Waals surface area contributed by atoms with Crippen LogP contribution in [-0.4, -0.2) is 23.9 Å². The Morgan fingerprint density at radius 1 is 1.24 bits per heavy atom. The van der Waals surface area contributed by atoms with Crippen LogP contribution >= 0.6 is 0 Å². The molecule has 0 amide bonds. The van der Waals surface area contributed by atoms with Crippen molar-refractivity contribution in [1.82, 2.24) is 4.57 Å². The fourth-order valence-corrected chi connectivity index (χ4v) is 1.60. The Hall–Kier alpha value is -2.36. The lowest BCUT2D eigenvalue weighted by atomic mass is 10.2. The van der Waals surface area contributed by atoms with Gasteiger partial charge in [-0.1, -0.05) is 0 Å². The number of ether oxygens (including phenoxy) is 1. The molecule has 4 heteroatoms. The minimum absolute atomic E-state index is 0.375. The fourth-order valence-electron chi connectivity index (χ4n) is 1.60. The summed E-state index contributed by atoms with van der Waals surface area (Å²) in [5.41, 5.74) is 1.87. The molecule has 0 atom stereocenters. The van der Waals surface area contributed by atoms with Gasteiger partial charge in [-0.25, -0.2) is 4.79 Å². The van der Waals surface area contributed by atoms with Crippen LogP contribution in [0, 0.1) is 0 Å². The van der Waals surface area contributed by atoms with E-state index in [1.807, 2.05) is 0 Å². The molecule has 0 aliphatic heterocycles. The summed E-state index contributed by atoms with van der Waals surface area (Å²) in [6.45, 7) is 0. The van der Waals surface area contributed by atoms with Gasteiger partial charge in [0.25, 0.3) is 0 Å². The number of hydrogen-bond donors (Lipinski definition) is 0. The van der Waals surface area contributed by atoms with E-state index in [4.69, 9.17) is 0 Å². The first kappa shape index (κ1) is 11.1. The molecule has 0 N–H and O–H groups in total. The highest BCUT2D eigenvalue weighted by atomic mass is 16.5. The maximum atomic E-state index is 11.2. The Kier molecular flexibility index (Phi) is 3.05. The third-order valence-corrected chi connectivity index (χ3v) is 2.47. The summed E-state index contributed by atoms with van der Waals surface area (Å²) < 4.78 is 6.35. The lowest BCUT2D eigenvalue weighted by Gasteiger charge is -2.06. The molecule has 0 radical (unpaired) electrons. The number of benzene rings is 1. The average molecular weight is 229 g/mol. The van der Waals surface area contributed by atoms with Crippen LogP contribution in [0.1, 0.15) is 20.8 Å². The van der Waals surface area contributed by atoms with E-state index in [1.165, 1.54) is 7.11 Å². The number of methoxy groups -OCH3 is 1. The number of hydrogen-bond acceptors (Lipinski definition) is 3. The molecule has 0 saturated heterocycles. The van der Waals surface area contributed by atoms with Crippen LogP contribution in [0.5, 0.6) is 0 Å². The third-order valence-electron chi connectivity index (χ3n) is 2.47. The van der Waals surface area contributed by atoms with Gasteiger partial charge in [-0.3, -0.25) is 4.79 Å². The van der Waals surface area contributed by atoms with Crippen LogP contribution < -0.4 is 0 Å². The van der Waals surface area contributed by atoms with Crippen LogP contribution in [0.25, 0.3) is 5.69 Å². The second-order valence-corrected chi connectivity index (χ2v) is 3.46. The van der Waals surface area contributed by atoms with Gasteiger partial charge in [-0.15, -0.1) is 0 Å². The quantitative estimate of drug-likeness (QED) is 0.598. The molecule has 86 valence electrons. The molecular formula is C13H11NO3. The predicted octanol–water partition coefficient (Wildman–Crippen LogP) is 2.08. The Morgan fingerprint density at radius 3 is 2.53 bits per heavy atom. The number of nitrogens with zero attached hydrogens (tertiary/aromatic N) is 1. The van der Waals surface area contributed by atoms with E-state index < -0.39 is 0 Å². The summed E-state index contributed by atoms with van der Waals surface area (Å²) in [5, 5.41) is 0. The molecule has 1 aromatic carbocycles. The van der Waals surface area contributed by atoms with Gasteiger partial charge >= 0.3 is 5.97 Å². The lowest BCUT2D eigenvalue weighted by Crippen LogP contribution is -2.02. The molecule has 0 spiro atoms. The van der Waals surface area contributed by atoms with E-state index in [9.17, 15) is 9.59 Å². The van der Waals surface area contributed by atoms with Crippen molar-refractivity contribution in [2.45, 2.75) is 0 Å². The highest BCUT2D eigenvalue weighted by Crippen LogP contribution is 2.13. The summed E-state index contributed by atoms with van der Waals surface area (Å²) in [6, 6.07) is 10.4. The van der Waals surface area contributed by atoms with Gasteiger partial charge in [0, 0.05) is 11.9 Å². The molecule has 2 aromatic rings. The molecule has 2 rings (SSSR count). The Morgan fingerprint density at radius 2 is 1.94 bits per heavy atom. The van der Waals surface area contributed by atoms with E-state index in [2.05, 4.69) is 4.74 Å². The number of rotatable bonds is 3. The SMILES string of the molecule is COC(=O)c1ccc(-n2cccc2C=O)cc1. The second kappa shape index (κ2) is 4.65. The van der Waals surface area contributed by atoms with Gasteiger partial charge in [0.15, 0.2) is 6.29 Å². The molecule has 0 aliphatic rings. The fraction of sp³-hybridized carbons (Fsp3) is 0.0769. The standard InChI is InChI=1S/C13H11NO3/c1-17-13(16)10-4-6-11(7-5-10)14-8-2-3-12(14)9-15/h2-9H,1H3. The van der Waals surface area contributed by atoms with E-state index >= 15 is 0 Å². The van der Waals surface area contributed by atoms with E-state index in [1.54, 1.807) is 47.2 Å². The topological polar surface area (TPSA) is 48.3 Å². The van der Waals surface area contributed by atoms with E-state index in [0.29, 0.717) is 11.3 Å². The molecular weight excluding hydrogens is 218 g/mol. The lowest BCUT2D eigenvalue weighted by molar-refractivity contribution is 0.0600. The van der Waals surface area contributed by atoms with Crippen LogP contribution in [0.2, 0.25) is 0 Å². The zero-order chi connectivity index (χ0) is 12.3. The highest BCUT2D eigenvalue weighted by Gasteiger charge is 2.06. The summed E-state index contributed by atoms with van der Waals surface area (Å²) in [5.74, 6) is -0.375. The zero-order valence-corrected chi connectivity index (χ0v) is 9.29. The zero-order valence-electron chi connectivity index (χ0n) is 9.29. The Bertz CT molecular complexity index is 540. The van der Waals surface area contributed by atoms with Crippen LogP contribution in [-0.2, 0) is 4.74 Å². The van der Waals surface area contributed by atoms with Gasteiger partial charge < -0.3 is 9.30 Å². The first-order valence-corrected chi connectivity index (χ1v) is 5.07. The van der Waals surface area contributed by atoms with E-state index in [0.717, 1.165) is 12.0 Å². The smallest absolute Gasteiger partial charge is 0.337 e. The van der Waals surface area contributed by atoms with Crippen molar-refractivity contribution in [1.29, 1.82) is 0 Å². The van der Waals surface area contributed by atoms with Crippen molar-refractivity contribution in [3.05, 3.63) is 53.9 Å². The largest absolute Gasteiger partial charge is 0.465 e. The molecule has 17 heavy (non-hydrogen) atoms. The number of carbonyl (C=O) groups is 2. The Labute approximate surface area is 98.4 Å². The van der Waals surface area contributed by atoms with Crippen LogP contribution in [0.15, 0.2) is 42.6 Å². The van der Waals surface area contributed by atoms with Crippen molar-refractivity contribution in [3.8, 4) is 5.69 Å². The molecule has 0 unspecified atom stereocenters. The van der Waals surface area contributed by atoms with Crippen molar-refractivity contribution in [3.63, 3.8) is 0 Å². The van der Waals surface area contributed by atoms with Crippen molar-refractivity contribution in [2.24, 2.45) is 0 Å². The summed E-state index contributed by atoms with van der Waals surface area (Å²) in [6.07, 6.45) is 2.57. The number of esters is 1. The van der Waals surface area contributed by atoms with Gasteiger partial charge in [-0.2, -0.15) is 0 Å². The van der Waals surface area contributed by atoms with Crippen molar-refractivity contribution < 1.29 is 14.3 Å².